The van der Waals surface area contributed by atoms with Gasteiger partial charge in [0.05, 0.1) is 12.2 Å². The summed E-state index contributed by atoms with van der Waals surface area (Å²) in [7, 11) is 0. The van der Waals surface area contributed by atoms with Crippen molar-refractivity contribution in [3.05, 3.63) is 59.4 Å². The minimum Gasteiger partial charge on any atom is -0.494 e. The van der Waals surface area contributed by atoms with E-state index >= 15 is 0 Å². The van der Waals surface area contributed by atoms with E-state index in [2.05, 4.69) is 5.32 Å². The van der Waals surface area contributed by atoms with Crippen molar-refractivity contribution < 1.29 is 27.5 Å². The Kier molecular flexibility index (Phi) is 6.81. The predicted octanol–water partition coefficient (Wildman–Crippen LogP) is 3.29. The number of ether oxygens (including phenoxy) is 1. The smallest absolute Gasteiger partial charge is 0.254 e. The van der Waals surface area contributed by atoms with Crippen LogP contribution in [0.25, 0.3) is 0 Å². The van der Waals surface area contributed by atoms with Gasteiger partial charge in [-0.1, -0.05) is 0 Å². The third-order valence-electron chi connectivity index (χ3n) is 3.74. The van der Waals surface area contributed by atoms with Gasteiger partial charge in [-0.2, -0.15) is 0 Å². The van der Waals surface area contributed by atoms with Crippen molar-refractivity contribution in [3.8, 4) is 5.75 Å². The van der Waals surface area contributed by atoms with Crippen molar-refractivity contribution in [2.75, 3.05) is 24.6 Å². The van der Waals surface area contributed by atoms with Crippen LogP contribution in [0, 0.1) is 17.5 Å². The quantitative estimate of drug-likeness (QED) is 0.750. The van der Waals surface area contributed by atoms with E-state index in [1.54, 1.807) is 24.3 Å². The Morgan fingerprint density at radius 1 is 1.04 bits per heavy atom. The molecule has 1 N–H and O–H groups in total. The largest absolute Gasteiger partial charge is 0.494 e. The van der Waals surface area contributed by atoms with Crippen molar-refractivity contribution in [2.24, 2.45) is 0 Å². The number of benzene rings is 2. The molecule has 0 spiro atoms. The van der Waals surface area contributed by atoms with Crippen LogP contribution in [0.2, 0.25) is 0 Å². The normalized spacial score (nSPS) is 10.4. The first-order valence-corrected chi connectivity index (χ1v) is 8.27. The Hall–Kier alpha value is -3.03. The first-order chi connectivity index (χ1) is 12.8. The van der Waals surface area contributed by atoms with E-state index in [0.29, 0.717) is 24.1 Å². The van der Waals surface area contributed by atoms with Crippen LogP contribution in [0.1, 0.15) is 24.2 Å². The second-order valence-corrected chi connectivity index (χ2v) is 5.58. The molecule has 0 aliphatic rings. The second-order valence-electron chi connectivity index (χ2n) is 5.58. The van der Waals surface area contributed by atoms with Crippen molar-refractivity contribution in [2.45, 2.75) is 13.8 Å². The Labute approximate surface area is 154 Å². The Balaban J connectivity index is 2.01. The van der Waals surface area contributed by atoms with E-state index in [9.17, 15) is 22.8 Å². The van der Waals surface area contributed by atoms with Crippen LogP contribution in [0.4, 0.5) is 18.9 Å². The average Bonchev–Trinajstić information content (AvgIpc) is 2.64. The lowest BCUT2D eigenvalue weighted by Gasteiger charge is -2.21. The zero-order valence-electron chi connectivity index (χ0n) is 14.9. The Bertz CT molecular complexity index is 826. The summed E-state index contributed by atoms with van der Waals surface area (Å²) in [4.78, 5) is 25.3. The number of anilines is 1. The molecule has 2 rings (SSSR count). The second kappa shape index (κ2) is 9.07. The van der Waals surface area contributed by atoms with E-state index in [4.69, 9.17) is 4.74 Å². The van der Waals surface area contributed by atoms with E-state index in [1.165, 1.54) is 11.8 Å². The molecule has 0 fully saturated rings. The maximum atomic E-state index is 13.6. The molecule has 144 valence electrons. The van der Waals surface area contributed by atoms with Crippen LogP contribution in [0.15, 0.2) is 36.4 Å². The molecule has 2 aromatic carbocycles. The van der Waals surface area contributed by atoms with Crippen LogP contribution in [0.3, 0.4) is 0 Å². The van der Waals surface area contributed by atoms with Crippen LogP contribution in [-0.4, -0.2) is 31.5 Å². The molecule has 8 heteroatoms. The number of hydrogen-bond acceptors (Lipinski definition) is 3. The molecular weight excluding hydrogens is 361 g/mol. The lowest BCUT2D eigenvalue weighted by atomic mass is 10.2. The fourth-order valence-electron chi connectivity index (χ4n) is 2.44. The minimum atomic E-state index is -1.71. The van der Waals surface area contributed by atoms with Gasteiger partial charge in [-0.15, -0.1) is 0 Å². The van der Waals surface area contributed by atoms with Crippen molar-refractivity contribution >= 4 is 17.5 Å². The monoisotopic (exact) mass is 380 g/mol. The summed E-state index contributed by atoms with van der Waals surface area (Å²) in [5, 5.41) is 2.39. The van der Waals surface area contributed by atoms with Crippen LogP contribution < -0.4 is 15.0 Å². The van der Waals surface area contributed by atoms with Crippen LogP contribution in [-0.2, 0) is 4.79 Å². The highest BCUT2D eigenvalue weighted by atomic mass is 19.2. The molecule has 0 bridgehead atoms. The summed E-state index contributed by atoms with van der Waals surface area (Å²) in [6.45, 7) is 3.84. The highest BCUT2D eigenvalue weighted by Crippen LogP contribution is 2.19. The SMILES string of the molecule is CCOc1ccc(N(CCNC(=O)c2ccc(F)c(F)c2F)C(C)=O)cc1. The third kappa shape index (κ3) is 4.99. The molecule has 5 nitrogen and oxygen atoms in total. The fraction of sp³-hybridized carbons (Fsp3) is 0.263. The molecule has 0 heterocycles. The van der Waals surface area contributed by atoms with E-state index < -0.39 is 28.9 Å². The Morgan fingerprint density at radius 3 is 2.30 bits per heavy atom. The molecule has 0 unspecified atom stereocenters. The first kappa shape index (κ1) is 20.3. The molecule has 27 heavy (non-hydrogen) atoms. The van der Waals surface area contributed by atoms with Crippen molar-refractivity contribution in [1.82, 2.24) is 5.32 Å². The molecular formula is C19H19F3N2O3. The zero-order valence-corrected chi connectivity index (χ0v) is 14.9. The molecule has 0 aromatic heterocycles. The third-order valence-corrected chi connectivity index (χ3v) is 3.74. The van der Waals surface area contributed by atoms with Gasteiger partial charge in [-0.05, 0) is 43.3 Å². The Morgan fingerprint density at radius 2 is 1.70 bits per heavy atom. The fourth-order valence-corrected chi connectivity index (χ4v) is 2.44. The average molecular weight is 380 g/mol. The van der Waals surface area contributed by atoms with Crippen molar-refractivity contribution in [3.63, 3.8) is 0 Å². The molecule has 0 radical (unpaired) electrons. The number of nitrogens with zero attached hydrogens (tertiary/aromatic N) is 1. The number of nitrogens with one attached hydrogen (secondary N) is 1. The van der Waals surface area contributed by atoms with Gasteiger partial charge in [0.15, 0.2) is 17.5 Å². The molecule has 2 amide bonds. The van der Waals surface area contributed by atoms with Gasteiger partial charge in [0, 0.05) is 25.7 Å². The number of carbonyl (C=O) groups is 2. The summed E-state index contributed by atoms with van der Waals surface area (Å²) in [6.07, 6.45) is 0. The van der Waals surface area contributed by atoms with Crippen LogP contribution in [0.5, 0.6) is 5.75 Å². The number of carbonyl (C=O) groups excluding carboxylic acids is 2. The highest BCUT2D eigenvalue weighted by Gasteiger charge is 2.19. The van der Waals surface area contributed by atoms with E-state index in [-0.39, 0.29) is 19.0 Å². The van der Waals surface area contributed by atoms with E-state index in [1.807, 2.05) is 6.92 Å². The molecule has 2 aromatic rings. The number of hydrogen-bond donors (Lipinski definition) is 1. The van der Waals surface area contributed by atoms with Gasteiger partial charge in [0.2, 0.25) is 5.91 Å². The lowest BCUT2D eigenvalue weighted by molar-refractivity contribution is -0.116. The summed E-state index contributed by atoms with van der Waals surface area (Å²) in [5.41, 5.74) is -0.0106. The lowest BCUT2D eigenvalue weighted by Crippen LogP contribution is -2.37. The molecule has 0 aliphatic heterocycles. The van der Waals surface area contributed by atoms with Gasteiger partial charge >= 0.3 is 0 Å². The first-order valence-electron chi connectivity index (χ1n) is 8.27. The van der Waals surface area contributed by atoms with Gasteiger partial charge < -0.3 is 15.0 Å². The summed E-state index contributed by atoms with van der Waals surface area (Å²) < 4.78 is 45.1. The number of halogens is 3. The molecule has 0 saturated carbocycles. The summed E-state index contributed by atoms with van der Waals surface area (Å²) in [5.74, 6) is -5.13. The molecule has 0 aliphatic carbocycles. The van der Waals surface area contributed by atoms with Gasteiger partial charge in [-0.3, -0.25) is 9.59 Å². The maximum absolute atomic E-state index is 13.6. The maximum Gasteiger partial charge on any atom is 0.254 e. The zero-order chi connectivity index (χ0) is 20.0. The van der Waals surface area contributed by atoms with Crippen LogP contribution >= 0.6 is 0 Å². The standard InChI is InChI=1S/C19H19F3N2O3/c1-3-27-14-6-4-13(5-7-14)24(12(2)25)11-10-23-19(26)15-8-9-16(20)18(22)17(15)21/h4-9H,3,10-11H2,1-2H3,(H,23,26). The predicted molar refractivity (Wildman–Crippen MR) is 94.3 cm³/mol. The topological polar surface area (TPSA) is 58.6 Å². The number of amides is 2. The number of rotatable bonds is 7. The summed E-state index contributed by atoms with van der Waals surface area (Å²) >= 11 is 0. The van der Waals surface area contributed by atoms with Gasteiger partial charge in [0.1, 0.15) is 5.75 Å². The van der Waals surface area contributed by atoms with Gasteiger partial charge in [0.25, 0.3) is 5.91 Å². The van der Waals surface area contributed by atoms with E-state index in [0.717, 1.165) is 6.07 Å². The molecule has 0 atom stereocenters. The van der Waals surface area contributed by atoms with Gasteiger partial charge in [-0.25, -0.2) is 13.2 Å². The summed E-state index contributed by atoms with van der Waals surface area (Å²) in [6, 6.07) is 8.36. The van der Waals surface area contributed by atoms with Crippen molar-refractivity contribution in [1.29, 1.82) is 0 Å². The molecule has 0 saturated heterocycles. The minimum absolute atomic E-state index is 0.00986. The highest BCUT2D eigenvalue weighted by molar-refractivity contribution is 5.95.